The van der Waals surface area contributed by atoms with Crippen molar-refractivity contribution in [2.24, 2.45) is 0 Å². The van der Waals surface area contributed by atoms with E-state index in [0.29, 0.717) is 22.8 Å². The number of aromatic nitrogens is 2. The molecule has 0 aliphatic heterocycles. The molecule has 2 aromatic carbocycles. The van der Waals surface area contributed by atoms with Gasteiger partial charge in [0.1, 0.15) is 0 Å². The zero-order valence-corrected chi connectivity index (χ0v) is 17.6. The molecule has 0 aliphatic rings. The van der Waals surface area contributed by atoms with E-state index >= 15 is 0 Å². The zero-order valence-electron chi connectivity index (χ0n) is 17.6. The summed E-state index contributed by atoms with van der Waals surface area (Å²) >= 11 is 0. The van der Waals surface area contributed by atoms with Crippen LogP contribution in [0.2, 0.25) is 0 Å². The van der Waals surface area contributed by atoms with Gasteiger partial charge in [-0.15, -0.1) is 0 Å². The minimum absolute atomic E-state index is 0.485. The Morgan fingerprint density at radius 3 is 2.45 bits per heavy atom. The average Bonchev–Trinajstić information content (AvgIpc) is 2.76. The van der Waals surface area contributed by atoms with Gasteiger partial charge < -0.3 is 15.3 Å². The van der Waals surface area contributed by atoms with Gasteiger partial charge in [0.15, 0.2) is 0 Å². The van der Waals surface area contributed by atoms with E-state index in [-0.39, 0.29) is 0 Å². The predicted octanol–water partition coefficient (Wildman–Crippen LogP) is 4.00. The predicted molar refractivity (Wildman–Crippen MR) is 123 cm³/mol. The summed E-state index contributed by atoms with van der Waals surface area (Å²) in [5.74, 6) is 6.78. The maximum Gasteiger partial charge on any atom is 0.409 e. The molecule has 0 radical (unpaired) electrons. The second-order valence-corrected chi connectivity index (χ2v) is 7.15. The summed E-state index contributed by atoms with van der Waals surface area (Å²) in [5.41, 5.74) is 3.49. The Labute approximate surface area is 182 Å². The van der Waals surface area contributed by atoms with Crippen molar-refractivity contribution in [2.75, 3.05) is 37.8 Å². The first-order chi connectivity index (χ1) is 15.0. The average molecular weight is 415 g/mol. The Hall–Kier alpha value is -3.89. The van der Waals surface area contributed by atoms with Gasteiger partial charge in [-0.3, -0.25) is 5.32 Å². The van der Waals surface area contributed by atoms with Crippen molar-refractivity contribution < 1.29 is 9.90 Å². The van der Waals surface area contributed by atoms with Crippen LogP contribution in [0.4, 0.5) is 16.4 Å². The van der Waals surface area contributed by atoms with Crippen LogP contribution in [0.25, 0.3) is 11.1 Å². The summed E-state index contributed by atoms with van der Waals surface area (Å²) in [7, 11) is 4.08. The van der Waals surface area contributed by atoms with Gasteiger partial charge in [-0.2, -0.15) is 0 Å². The highest BCUT2D eigenvalue weighted by Crippen LogP contribution is 2.31. The molecule has 0 saturated heterocycles. The number of carbonyl (C=O) groups is 1. The summed E-state index contributed by atoms with van der Waals surface area (Å²) < 4.78 is 0. The molecule has 1 aromatic heterocycles. The van der Waals surface area contributed by atoms with E-state index in [0.717, 1.165) is 30.6 Å². The fraction of sp³-hybridized carbons (Fsp3) is 0.208. The summed E-state index contributed by atoms with van der Waals surface area (Å²) in [4.78, 5) is 22.0. The van der Waals surface area contributed by atoms with Crippen molar-refractivity contribution in [1.82, 2.24) is 14.9 Å². The molecule has 3 N–H and O–H groups in total. The van der Waals surface area contributed by atoms with E-state index in [1.165, 1.54) is 0 Å². The zero-order chi connectivity index (χ0) is 22.1. The standard InChI is InChI=1S/C24H25N5O2/c1-29(2)15-7-14-25-23-26-16-18(17-27-23)12-13-20-10-6-11-21(28-24(30)31)22(20)19-8-4-3-5-9-19/h3-6,8-11,16-17,28H,7,14-15H2,1-2H3,(H,30,31)(H,25,26,27). The largest absolute Gasteiger partial charge is 0.465 e. The normalized spacial score (nSPS) is 10.3. The van der Waals surface area contributed by atoms with Crippen LogP contribution in [-0.2, 0) is 0 Å². The number of nitrogens with one attached hydrogen (secondary N) is 2. The molecule has 3 rings (SSSR count). The highest BCUT2D eigenvalue weighted by molar-refractivity contribution is 5.92. The highest BCUT2D eigenvalue weighted by atomic mass is 16.4. The molecule has 7 heteroatoms. The summed E-state index contributed by atoms with van der Waals surface area (Å²) in [6.45, 7) is 1.79. The van der Waals surface area contributed by atoms with E-state index in [4.69, 9.17) is 0 Å². The molecular weight excluding hydrogens is 390 g/mol. The van der Waals surface area contributed by atoms with Crippen LogP contribution in [-0.4, -0.2) is 53.3 Å². The molecule has 31 heavy (non-hydrogen) atoms. The Kier molecular flexibility index (Phi) is 7.57. The van der Waals surface area contributed by atoms with Gasteiger partial charge in [0.05, 0.1) is 11.3 Å². The molecule has 0 fully saturated rings. The van der Waals surface area contributed by atoms with Crippen molar-refractivity contribution >= 4 is 17.7 Å². The SMILES string of the molecule is CN(C)CCCNc1ncc(C#Cc2cccc(NC(=O)O)c2-c2ccccc2)cn1. The Bertz CT molecular complexity index is 1070. The molecule has 0 aliphatic carbocycles. The van der Waals surface area contributed by atoms with Gasteiger partial charge in [0, 0.05) is 30.1 Å². The third kappa shape index (κ3) is 6.56. The number of amides is 1. The fourth-order valence-corrected chi connectivity index (χ4v) is 3.01. The maximum atomic E-state index is 11.2. The van der Waals surface area contributed by atoms with Crippen LogP contribution in [0.1, 0.15) is 17.5 Å². The minimum Gasteiger partial charge on any atom is -0.465 e. The molecule has 1 amide bonds. The van der Waals surface area contributed by atoms with Crippen molar-refractivity contribution in [1.29, 1.82) is 0 Å². The van der Waals surface area contributed by atoms with Crippen molar-refractivity contribution in [3.8, 4) is 23.0 Å². The highest BCUT2D eigenvalue weighted by Gasteiger charge is 2.11. The van der Waals surface area contributed by atoms with E-state index in [1.54, 1.807) is 24.5 Å². The van der Waals surface area contributed by atoms with Crippen LogP contribution < -0.4 is 10.6 Å². The van der Waals surface area contributed by atoms with Crippen molar-refractivity contribution in [2.45, 2.75) is 6.42 Å². The van der Waals surface area contributed by atoms with Gasteiger partial charge in [0.2, 0.25) is 5.95 Å². The maximum absolute atomic E-state index is 11.2. The number of carboxylic acid groups (broad SMARTS) is 1. The lowest BCUT2D eigenvalue weighted by molar-refractivity contribution is 0.210. The lowest BCUT2D eigenvalue weighted by atomic mass is 9.97. The molecule has 158 valence electrons. The molecule has 0 saturated carbocycles. The monoisotopic (exact) mass is 415 g/mol. The number of anilines is 2. The van der Waals surface area contributed by atoms with Crippen molar-refractivity contribution in [3.05, 3.63) is 72.1 Å². The second-order valence-electron chi connectivity index (χ2n) is 7.15. The first-order valence-electron chi connectivity index (χ1n) is 9.94. The number of benzene rings is 2. The van der Waals surface area contributed by atoms with E-state index in [2.05, 4.69) is 37.3 Å². The lowest BCUT2D eigenvalue weighted by Gasteiger charge is -2.12. The molecule has 0 atom stereocenters. The second kappa shape index (κ2) is 10.8. The molecule has 0 bridgehead atoms. The van der Waals surface area contributed by atoms with Crippen molar-refractivity contribution in [3.63, 3.8) is 0 Å². The molecule has 0 unspecified atom stereocenters. The van der Waals surface area contributed by atoms with E-state index < -0.39 is 6.09 Å². The minimum atomic E-state index is -1.12. The molecule has 3 aromatic rings. The van der Waals surface area contributed by atoms with Crippen LogP contribution >= 0.6 is 0 Å². The first-order valence-corrected chi connectivity index (χ1v) is 9.94. The van der Waals surface area contributed by atoms with Gasteiger partial charge >= 0.3 is 6.09 Å². The molecule has 1 heterocycles. The number of hydrogen-bond acceptors (Lipinski definition) is 5. The lowest BCUT2D eigenvalue weighted by Crippen LogP contribution is -2.16. The smallest absolute Gasteiger partial charge is 0.409 e. The van der Waals surface area contributed by atoms with Crippen LogP contribution in [0.3, 0.4) is 0 Å². The van der Waals surface area contributed by atoms with E-state index in [9.17, 15) is 9.90 Å². The summed E-state index contributed by atoms with van der Waals surface area (Å²) in [5, 5.41) is 14.9. The van der Waals surface area contributed by atoms with Crippen LogP contribution in [0.5, 0.6) is 0 Å². The van der Waals surface area contributed by atoms with Crippen LogP contribution in [0, 0.1) is 11.8 Å². The Morgan fingerprint density at radius 2 is 1.77 bits per heavy atom. The third-order valence-electron chi connectivity index (χ3n) is 4.43. The van der Waals surface area contributed by atoms with Gasteiger partial charge in [0.25, 0.3) is 0 Å². The number of rotatable bonds is 7. The van der Waals surface area contributed by atoms with Gasteiger partial charge in [-0.1, -0.05) is 48.2 Å². The molecule has 0 spiro atoms. The fourth-order valence-electron chi connectivity index (χ4n) is 3.01. The third-order valence-corrected chi connectivity index (χ3v) is 4.43. The topological polar surface area (TPSA) is 90.4 Å². The number of nitrogens with zero attached hydrogens (tertiary/aromatic N) is 3. The van der Waals surface area contributed by atoms with Crippen LogP contribution in [0.15, 0.2) is 60.9 Å². The first kappa shape index (κ1) is 21.8. The van der Waals surface area contributed by atoms with Gasteiger partial charge in [-0.25, -0.2) is 14.8 Å². The molecular formula is C24H25N5O2. The van der Waals surface area contributed by atoms with E-state index in [1.807, 2.05) is 50.5 Å². The Balaban J connectivity index is 1.81. The summed E-state index contributed by atoms with van der Waals surface area (Å²) in [6.07, 6.45) is 3.23. The molecule has 7 nitrogen and oxygen atoms in total. The number of hydrogen-bond donors (Lipinski definition) is 3. The Morgan fingerprint density at radius 1 is 1.03 bits per heavy atom. The quantitative estimate of drug-likeness (QED) is 0.399. The van der Waals surface area contributed by atoms with Gasteiger partial charge in [-0.05, 0) is 44.8 Å². The summed E-state index contributed by atoms with van der Waals surface area (Å²) in [6, 6.07) is 14.9.